The zero-order valence-electron chi connectivity index (χ0n) is 9.93. The molecule has 1 aromatic rings. The predicted molar refractivity (Wildman–Crippen MR) is 62.5 cm³/mol. The molecule has 8 heteroatoms. The van der Waals surface area contributed by atoms with Gasteiger partial charge in [-0.25, -0.2) is 0 Å². The smallest absolute Gasteiger partial charge is 0.276 e. The van der Waals surface area contributed by atoms with E-state index in [-0.39, 0.29) is 24.2 Å². The fourth-order valence-corrected chi connectivity index (χ4v) is 2.10. The molecule has 2 rings (SSSR count). The Kier molecular flexibility index (Phi) is 3.88. The third-order valence-corrected chi connectivity index (χ3v) is 2.97. The molecule has 0 aliphatic carbocycles. The van der Waals surface area contributed by atoms with E-state index in [1.165, 1.54) is 11.1 Å². The summed E-state index contributed by atoms with van der Waals surface area (Å²) in [5.74, 6) is -0.833. The maximum atomic E-state index is 12.2. The van der Waals surface area contributed by atoms with Gasteiger partial charge in [-0.15, -0.1) is 0 Å². The van der Waals surface area contributed by atoms with Crippen LogP contribution in [-0.2, 0) is 4.79 Å². The second-order valence-corrected chi connectivity index (χ2v) is 4.24. The fraction of sp³-hybridized carbons (Fsp3) is 0.600. The summed E-state index contributed by atoms with van der Waals surface area (Å²) in [7, 11) is 0. The molecule has 1 aromatic heterocycles. The first-order valence-electron chi connectivity index (χ1n) is 5.84. The topological polar surface area (TPSA) is 117 Å². The Morgan fingerprint density at radius 3 is 2.72 bits per heavy atom. The first-order chi connectivity index (χ1) is 8.68. The van der Waals surface area contributed by atoms with Crippen molar-refractivity contribution in [3.63, 3.8) is 0 Å². The molecule has 0 saturated carbocycles. The van der Waals surface area contributed by atoms with Gasteiger partial charge in [0.25, 0.3) is 5.91 Å². The third-order valence-electron chi connectivity index (χ3n) is 2.97. The van der Waals surface area contributed by atoms with Crippen molar-refractivity contribution in [1.82, 2.24) is 25.6 Å². The molecular formula is C10H16N6O2. The van der Waals surface area contributed by atoms with Gasteiger partial charge in [-0.3, -0.25) is 9.59 Å². The first kappa shape index (κ1) is 12.5. The number of nitrogens with zero attached hydrogens (tertiary/aromatic N) is 3. The van der Waals surface area contributed by atoms with Gasteiger partial charge in [0.15, 0.2) is 5.69 Å². The number of hydrogen-bond acceptors (Lipinski definition) is 5. The van der Waals surface area contributed by atoms with E-state index >= 15 is 0 Å². The zero-order valence-corrected chi connectivity index (χ0v) is 9.93. The summed E-state index contributed by atoms with van der Waals surface area (Å²) in [6.07, 6.45) is 2.95. The van der Waals surface area contributed by atoms with Crippen molar-refractivity contribution in [2.24, 2.45) is 5.73 Å². The summed E-state index contributed by atoms with van der Waals surface area (Å²) in [5.41, 5.74) is 5.40. The van der Waals surface area contributed by atoms with E-state index in [2.05, 4.69) is 20.7 Å². The number of nitrogens with one attached hydrogen (secondary N) is 2. The molecule has 1 saturated heterocycles. The Morgan fingerprint density at radius 1 is 1.44 bits per heavy atom. The number of amides is 2. The quantitative estimate of drug-likeness (QED) is 0.602. The van der Waals surface area contributed by atoms with Gasteiger partial charge in [0.05, 0.1) is 12.7 Å². The van der Waals surface area contributed by atoms with Crippen molar-refractivity contribution < 1.29 is 9.59 Å². The zero-order chi connectivity index (χ0) is 13.0. The number of aromatic amines is 1. The highest BCUT2D eigenvalue weighted by molar-refractivity contribution is 5.94. The molecule has 0 atom stereocenters. The lowest BCUT2D eigenvalue weighted by Crippen LogP contribution is -2.49. The van der Waals surface area contributed by atoms with Gasteiger partial charge >= 0.3 is 0 Å². The van der Waals surface area contributed by atoms with Gasteiger partial charge in [0.1, 0.15) is 0 Å². The molecule has 1 aliphatic rings. The molecule has 1 fully saturated rings. The molecule has 8 nitrogen and oxygen atoms in total. The number of H-pyrrole nitrogens is 1. The molecule has 0 unspecified atom stereocenters. The molecule has 98 valence electrons. The fourth-order valence-electron chi connectivity index (χ4n) is 2.10. The van der Waals surface area contributed by atoms with Crippen LogP contribution >= 0.6 is 0 Å². The second-order valence-electron chi connectivity index (χ2n) is 4.24. The Bertz CT molecular complexity index is 412. The van der Waals surface area contributed by atoms with Crippen molar-refractivity contribution in [3.05, 3.63) is 11.9 Å². The van der Waals surface area contributed by atoms with Crippen LogP contribution in [0.5, 0.6) is 0 Å². The lowest BCUT2D eigenvalue weighted by molar-refractivity contribution is -0.119. The van der Waals surface area contributed by atoms with Gasteiger partial charge in [-0.2, -0.15) is 15.4 Å². The van der Waals surface area contributed by atoms with E-state index < -0.39 is 5.91 Å². The minimum absolute atomic E-state index is 0.0166. The van der Waals surface area contributed by atoms with Gasteiger partial charge in [0, 0.05) is 6.04 Å². The summed E-state index contributed by atoms with van der Waals surface area (Å²) in [4.78, 5) is 24.8. The van der Waals surface area contributed by atoms with E-state index in [4.69, 9.17) is 5.73 Å². The molecular weight excluding hydrogens is 236 g/mol. The number of hydrogen-bond donors (Lipinski definition) is 3. The molecule has 4 N–H and O–H groups in total. The number of primary amides is 1. The Labute approximate surface area is 104 Å². The van der Waals surface area contributed by atoms with Crippen LogP contribution < -0.4 is 11.1 Å². The van der Waals surface area contributed by atoms with Crippen LogP contribution in [0.25, 0.3) is 0 Å². The predicted octanol–water partition coefficient (Wildman–Crippen LogP) is -1.52. The Hall–Kier alpha value is -1.96. The van der Waals surface area contributed by atoms with Gasteiger partial charge in [-0.1, -0.05) is 0 Å². The lowest BCUT2D eigenvalue weighted by atomic mass is 10.0. The highest BCUT2D eigenvalue weighted by Gasteiger charge is 2.28. The highest BCUT2D eigenvalue weighted by Crippen LogP contribution is 2.14. The van der Waals surface area contributed by atoms with Gasteiger partial charge < -0.3 is 16.0 Å². The standard InChI is InChI=1S/C10H16N6O2/c11-9(17)6-16(7-1-3-12-4-2-7)10(18)8-5-13-15-14-8/h5,7,12H,1-4,6H2,(H2,11,17)(H,13,14,15). The highest BCUT2D eigenvalue weighted by atomic mass is 16.2. The minimum Gasteiger partial charge on any atom is -0.368 e. The van der Waals surface area contributed by atoms with E-state index in [1.54, 1.807) is 0 Å². The Balaban J connectivity index is 2.13. The average molecular weight is 252 g/mol. The van der Waals surface area contributed by atoms with Crippen LogP contribution in [0.1, 0.15) is 23.3 Å². The summed E-state index contributed by atoms with van der Waals surface area (Å²) >= 11 is 0. The maximum Gasteiger partial charge on any atom is 0.276 e. The van der Waals surface area contributed by atoms with Crippen LogP contribution in [0.3, 0.4) is 0 Å². The largest absolute Gasteiger partial charge is 0.368 e. The molecule has 0 aromatic carbocycles. The molecule has 0 spiro atoms. The van der Waals surface area contributed by atoms with Crippen LogP contribution in [-0.4, -0.2) is 57.8 Å². The van der Waals surface area contributed by atoms with Crippen LogP contribution in [0.15, 0.2) is 6.20 Å². The molecule has 0 bridgehead atoms. The number of carbonyl (C=O) groups excluding carboxylic acids is 2. The van der Waals surface area contributed by atoms with Crippen LogP contribution in [0, 0.1) is 0 Å². The van der Waals surface area contributed by atoms with Gasteiger partial charge in [-0.05, 0) is 25.9 Å². The van der Waals surface area contributed by atoms with Crippen molar-refractivity contribution in [2.75, 3.05) is 19.6 Å². The van der Waals surface area contributed by atoms with Crippen molar-refractivity contribution >= 4 is 11.8 Å². The summed E-state index contributed by atoms with van der Waals surface area (Å²) in [6, 6.07) is 0.0166. The van der Waals surface area contributed by atoms with E-state index in [0.717, 1.165) is 25.9 Å². The van der Waals surface area contributed by atoms with E-state index in [1.807, 2.05) is 0 Å². The molecule has 1 aliphatic heterocycles. The number of rotatable bonds is 4. The van der Waals surface area contributed by atoms with Gasteiger partial charge in [0.2, 0.25) is 5.91 Å². The number of nitrogens with two attached hydrogens (primary N) is 1. The SMILES string of the molecule is NC(=O)CN(C(=O)c1cn[nH]n1)C1CCNCC1. The van der Waals surface area contributed by atoms with Crippen LogP contribution in [0.4, 0.5) is 0 Å². The third kappa shape index (κ3) is 2.83. The number of aromatic nitrogens is 3. The molecule has 2 heterocycles. The summed E-state index contributed by atoms with van der Waals surface area (Å²) in [6.45, 7) is 1.56. The minimum atomic E-state index is -0.523. The molecule has 2 amide bonds. The second kappa shape index (κ2) is 5.58. The molecule has 18 heavy (non-hydrogen) atoms. The summed E-state index contributed by atoms with van der Waals surface area (Å²) < 4.78 is 0. The van der Waals surface area contributed by atoms with Crippen molar-refractivity contribution in [1.29, 1.82) is 0 Å². The number of carbonyl (C=O) groups is 2. The maximum absolute atomic E-state index is 12.2. The lowest BCUT2D eigenvalue weighted by Gasteiger charge is -2.33. The normalized spacial score (nSPS) is 16.4. The van der Waals surface area contributed by atoms with Crippen LogP contribution in [0.2, 0.25) is 0 Å². The van der Waals surface area contributed by atoms with Crippen molar-refractivity contribution in [2.45, 2.75) is 18.9 Å². The van der Waals surface area contributed by atoms with E-state index in [9.17, 15) is 9.59 Å². The average Bonchev–Trinajstić information content (AvgIpc) is 2.90. The molecule has 0 radical (unpaired) electrons. The Morgan fingerprint density at radius 2 is 2.17 bits per heavy atom. The monoisotopic (exact) mass is 252 g/mol. The summed E-state index contributed by atoms with van der Waals surface area (Å²) in [5, 5.41) is 12.9. The van der Waals surface area contributed by atoms with Crippen molar-refractivity contribution in [3.8, 4) is 0 Å². The first-order valence-corrected chi connectivity index (χ1v) is 5.84. The van der Waals surface area contributed by atoms with E-state index in [0.29, 0.717) is 0 Å². The number of piperidine rings is 1.